The van der Waals surface area contributed by atoms with Crippen LogP contribution in [-0.4, -0.2) is 12.4 Å². The van der Waals surface area contributed by atoms with Gasteiger partial charge in [0, 0.05) is 24.0 Å². The fourth-order valence-corrected chi connectivity index (χ4v) is 7.60. The molecule has 5 rings (SSSR count). The lowest BCUT2D eigenvalue weighted by molar-refractivity contribution is -0.114. The van der Waals surface area contributed by atoms with Gasteiger partial charge in [0.15, 0.2) is 5.78 Å². The molecular weight excluding hydrogens is 512 g/mol. The van der Waals surface area contributed by atoms with E-state index in [1.807, 2.05) is 0 Å². The standard InChI is InChI=1S/C40H46O2/c1-7-38(6,31(4)32(5)39-25-23-29(2)30(3)37(39)36(41)24-26-39)27-28-42-40(33-17-11-8-12-18-33,34-19-13-9-14-20-34)35-21-15-10-16-22-35/h7-22,29,31H,1,5,23-28H2,2-4,6H3. The number of hydrogen-bond donors (Lipinski definition) is 0. The molecule has 0 aromatic heterocycles. The van der Waals surface area contributed by atoms with E-state index in [1.165, 1.54) is 11.1 Å². The quantitative estimate of drug-likeness (QED) is 0.173. The Hall–Kier alpha value is -3.49. The van der Waals surface area contributed by atoms with Gasteiger partial charge in [0.05, 0.1) is 0 Å². The number of ether oxygens (including phenoxy) is 1. The summed E-state index contributed by atoms with van der Waals surface area (Å²) in [6, 6.07) is 31.6. The molecule has 2 aliphatic rings. The number of ketones is 1. The number of hydrogen-bond acceptors (Lipinski definition) is 2. The molecule has 0 heterocycles. The Bertz CT molecular complexity index is 1350. The molecule has 1 fully saturated rings. The number of carbonyl (C=O) groups excluding carboxylic acids is 1. The minimum Gasteiger partial charge on any atom is -0.361 e. The van der Waals surface area contributed by atoms with Crippen LogP contribution in [0.4, 0.5) is 0 Å². The third kappa shape index (κ3) is 5.05. The van der Waals surface area contributed by atoms with Crippen molar-refractivity contribution in [1.82, 2.24) is 0 Å². The van der Waals surface area contributed by atoms with E-state index in [-0.39, 0.29) is 16.7 Å². The van der Waals surface area contributed by atoms with Gasteiger partial charge in [0.2, 0.25) is 0 Å². The lowest BCUT2D eigenvalue weighted by Crippen LogP contribution is -2.38. The molecule has 2 nitrogen and oxygen atoms in total. The zero-order valence-electron chi connectivity index (χ0n) is 25.9. The maximum atomic E-state index is 13.2. The molecule has 0 saturated heterocycles. The molecule has 4 unspecified atom stereocenters. The minimum atomic E-state index is -0.755. The number of benzene rings is 3. The average Bonchev–Trinajstić information content (AvgIpc) is 3.39. The predicted molar refractivity (Wildman–Crippen MR) is 174 cm³/mol. The van der Waals surface area contributed by atoms with E-state index in [0.29, 0.717) is 24.7 Å². The van der Waals surface area contributed by atoms with Gasteiger partial charge in [-0.2, -0.15) is 0 Å². The number of rotatable bonds is 11. The summed E-state index contributed by atoms with van der Waals surface area (Å²) in [7, 11) is 0. The molecule has 1 saturated carbocycles. The molecule has 0 radical (unpaired) electrons. The molecule has 0 amide bonds. The second-order valence-corrected chi connectivity index (χ2v) is 12.8. The molecule has 0 aliphatic heterocycles. The van der Waals surface area contributed by atoms with E-state index in [0.717, 1.165) is 47.9 Å². The fraction of sp³-hybridized carbons (Fsp3) is 0.375. The number of Topliss-reactive ketones (excluding diaryl/α,β-unsaturated/α-hetero) is 1. The van der Waals surface area contributed by atoms with Gasteiger partial charge >= 0.3 is 0 Å². The van der Waals surface area contributed by atoms with Crippen LogP contribution in [0.15, 0.2) is 127 Å². The highest BCUT2D eigenvalue weighted by molar-refractivity contribution is 6.01. The Morgan fingerprint density at radius 1 is 0.952 bits per heavy atom. The molecule has 4 atom stereocenters. The fourth-order valence-electron chi connectivity index (χ4n) is 7.60. The first kappa shape index (κ1) is 30.0. The summed E-state index contributed by atoms with van der Waals surface area (Å²) in [5.41, 5.74) is 5.62. The molecule has 3 aromatic rings. The molecule has 0 bridgehead atoms. The van der Waals surface area contributed by atoms with Crippen LogP contribution < -0.4 is 0 Å². The summed E-state index contributed by atoms with van der Waals surface area (Å²) in [6.45, 7) is 18.6. The summed E-state index contributed by atoms with van der Waals surface area (Å²) < 4.78 is 7.15. The van der Waals surface area contributed by atoms with Crippen molar-refractivity contribution >= 4 is 5.78 Å². The van der Waals surface area contributed by atoms with E-state index in [9.17, 15) is 4.79 Å². The lowest BCUT2D eigenvalue weighted by atomic mass is 9.58. The predicted octanol–water partition coefficient (Wildman–Crippen LogP) is 9.87. The van der Waals surface area contributed by atoms with Gasteiger partial charge in [0.25, 0.3) is 0 Å². The highest BCUT2D eigenvalue weighted by Gasteiger charge is 2.51. The van der Waals surface area contributed by atoms with Crippen molar-refractivity contribution in [1.29, 1.82) is 0 Å². The van der Waals surface area contributed by atoms with Crippen molar-refractivity contribution in [2.45, 2.75) is 65.4 Å². The van der Waals surface area contributed by atoms with Gasteiger partial charge in [-0.15, -0.1) is 6.58 Å². The maximum Gasteiger partial charge on any atom is 0.159 e. The lowest BCUT2D eigenvalue weighted by Gasteiger charge is -2.46. The van der Waals surface area contributed by atoms with Crippen molar-refractivity contribution in [3.63, 3.8) is 0 Å². The summed E-state index contributed by atoms with van der Waals surface area (Å²) >= 11 is 0. The van der Waals surface area contributed by atoms with Gasteiger partial charge < -0.3 is 4.74 Å². The molecule has 3 aromatic carbocycles. The van der Waals surface area contributed by atoms with Crippen LogP contribution in [0.5, 0.6) is 0 Å². The first-order valence-electron chi connectivity index (χ1n) is 15.6. The zero-order chi connectivity index (χ0) is 30.0. The zero-order valence-corrected chi connectivity index (χ0v) is 25.9. The summed E-state index contributed by atoms with van der Waals surface area (Å²) in [5, 5.41) is 0. The Balaban J connectivity index is 1.47. The van der Waals surface area contributed by atoms with Gasteiger partial charge in [0.1, 0.15) is 5.60 Å². The second kappa shape index (κ2) is 12.0. The smallest absolute Gasteiger partial charge is 0.159 e. The number of carbonyl (C=O) groups is 1. The van der Waals surface area contributed by atoms with Crippen LogP contribution >= 0.6 is 0 Å². The van der Waals surface area contributed by atoms with E-state index >= 15 is 0 Å². The van der Waals surface area contributed by atoms with Gasteiger partial charge in [-0.25, -0.2) is 0 Å². The molecule has 42 heavy (non-hydrogen) atoms. The molecule has 0 spiro atoms. The van der Waals surface area contributed by atoms with E-state index in [2.05, 4.69) is 131 Å². The number of allylic oxidation sites excluding steroid dienone is 4. The third-order valence-corrected chi connectivity index (χ3v) is 10.8. The van der Waals surface area contributed by atoms with Crippen LogP contribution in [-0.2, 0) is 15.1 Å². The Kier molecular flexibility index (Phi) is 8.58. The van der Waals surface area contributed by atoms with Crippen LogP contribution in [0.3, 0.4) is 0 Å². The summed E-state index contributed by atoms with van der Waals surface area (Å²) in [5.74, 6) is 0.925. The SMILES string of the molecule is C=CC(C)(CCOC(c1ccccc1)(c1ccccc1)c1ccccc1)C(C)C(=C)C12CCC(=O)C1=C(C)C(C)CC2. The largest absolute Gasteiger partial charge is 0.361 e. The van der Waals surface area contributed by atoms with Crippen LogP contribution in [0, 0.1) is 22.7 Å². The van der Waals surface area contributed by atoms with Crippen LogP contribution in [0.2, 0.25) is 0 Å². The molecule has 0 N–H and O–H groups in total. The number of fused-ring (bicyclic) bond motifs is 1. The second-order valence-electron chi connectivity index (χ2n) is 12.8. The monoisotopic (exact) mass is 558 g/mol. The highest BCUT2D eigenvalue weighted by atomic mass is 16.5. The minimum absolute atomic E-state index is 0.139. The Morgan fingerprint density at radius 3 is 1.93 bits per heavy atom. The average molecular weight is 559 g/mol. The Morgan fingerprint density at radius 2 is 1.45 bits per heavy atom. The van der Waals surface area contributed by atoms with Crippen molar-refractivity contribution in [2.75, 3.05) is 6.61 Å². The highest BCUT2D eigenvalue weighted by Crippen LogP contribution is 2.59. The summed E-state index contributed by atoms with van der Waals surface area (Å²) in [6.07, 6.45) is 6.51. The van der Waals surface area contributed by atoms with Gasteiger partial charge in [-0.1, -0.05) is 136 Å². The van der Waals surface area contributed by atoms with Gasteiger partial charge in [-0.05, 0) is 66.5 Å². The van der Waals surface area contributed by atoms with Gasteiger partial charge in [-0.3, -0.25) is 4.79 Å². The molecular formula is C40H46O2. The van der Waals surface area contributed by atoms with E-state index < -0.39 is 5.60 Å². The van der Waals surface area contributed by atoms with Crippen molar-refractivity contribution < 1.29 is 9.53 Å². The Labute approximate surface area is 253 Å². The topological polar surface area (TPSA) is 26.3 Å². The van der Waals surface area contributed by atoms with Crippen LogP contribution in [0.25, 0.3) is 0 Å². The first-order chi connectivity index (χ1) is 20.2. The molecule has 2 heteroatoms. The molecule has 218 valence electrons. The normalized spacial score (nSPS) is 22.8. The summed E-state index contributed by atoms with van der Waals surface area (Å²) in [4.78, 5) is 13.2. The van der Waals surface area contributed by atoms with Crippen LogP contribution in [0.1, 0.15) is 76.5 Å². The van der Waals surface area contributed by atoms with Crippen molar-refractivity contribution in [3.05, 3.63) is 144 Å². The van der Waals surface area contributed by atoms with Crippen molar-refractivity contribution in [2.24, 2.45) is 22.7 Å². The van der Waals surface area contributed by atoms with Crippen molar-refractivity contribution in [3.8, 4) is 0 Å². The van der Waals surface area contributed by atoms with E-state index in [1.54, 1.807) is 0 Å². The van der Waals surface area contributed by atoms with E-state index in [4.69, 9.17) is 11.3 Å². The third-order valence-electron chi connectivity index (χ3n) is 10.8. The first-order valence-corrected chi connectivity index (χ1v) is 15.6. The molecule has 2 aliphatic carbocycles. The maximum absolute atomic E-state index is 13.2.